The van der Waals surface area contributed by atoms with Crippen LogP contribution in [0.1, 0.15) is 5.56 Å². The van der Waals surface area contributed by atoms with Crippen molar-refractivity contribution in [1.29, 1.82) is 0 Å². The molecular formula is C18H22N2O3S. The van der Waals surface area contributed by atoms with Crippen LogP contribution in [0, 0.1) is 0 Å². The highest BCUT2D eigenvalue weighted by atomic mass is 32.1. The maximum atomic E-state index is 5.43. The van der Waals surface area contributed by atoms with Crippen LogP contribution in [0.4, 0.5) is 5.69 Å². The molecule has 2 aromatic rings. The van der Waals surface area contributed by atoms with E-state index in [4.69, 9.17) is 26.4 Å². The number of hydrogen-bond acceptors (Lipinski definition) is 4. The van der Waals surface area contributed by atoms with E-state index in [1.165, 1.54) is 0 Å². The zero-order valence-corrected chi connectivity index (χ0v) is 14.9. The first kappa shape index (κ1) is 17.9. The van der Waals surface area contributed by atoms with Crippen molar-refractivity contribution in [3.8, 4) is 17.2 Å². The van der Waals surface area contributed by atoms with Crippen molar-refractivity contribution in [2.24, 2.45) is 0 Å². The van der Waals surface area contributed by atoms with Gasteiger partial charge >= 0.3 is 0 Å². The Balaban J connectivity index is 1.91. The molecule has 0 spiro atoms. The van der Waals surface area contributed by atoms with Crippen LogP contribution in [0.25, 0.3) is 0 Å². The largest absolute Gasteiger partial charge is 0.495 e. The number of ether oxygens (including phenoxy) is 3. The number of thiocarbonyl (C=S) groups is 1. The summed E-state index contributed by atoms with van der Waals surface area (Å²) in [5.41, 5.74) is 1.89. The lowest BCUT2D eigenvalue weighted by Gasteiger charge is -2.15. The van der Waals surface area contributed by atoms with E-state index in [1.54, 1.807) is 21.3 Å². The van der Waals surface area contributed by atoms with E-state index in [9.17, 15) is 0 Å². The van der Waals surface area contributed by atoms with E-state index in [0.29, 0.717) is 11.7 Å². The summed E-state index contributed by atoms with van der Waals surface area (Å²) in [6.07, 6.45) is 0.758. The van der Waals surface area contributed by atoms with Gasteiger partial charge in [0.05, 0.1) is 27.0 Å². The monoisotopic (exact) mass is 346 g/mol. The minimum absolute atomic E-state index is 0.543. The number of benzene rings is 2. The Morgan fingerprint density at radius 2 is 1.62 bits per heavy atom. The van der Waals surface area contributed by atoms with Gasteiger partial charge in [-0.25, -0.2) is 0 Å². The van der Waals surface area contributed by atoms with Gasteiger partial charge in [-0.15, -0.1) is 0 Å². The van der Waals surface area contributed by atoms with Gasteiger partial charge in [0.1, 0.15) is 5.75 Å². The summed E-state index contributed by atoms with van der Waals surface area (Å²) in [6, 6.07) is 13.5. The van der Waals surface area contributed by atoms with Crippen molar-refractivity contribution in [2.75, 3.05) is 33.2 Å². The van der Waals surface area contributed by atoms with Crippen LogP contribution in [0.3, 0.4) is 0 Å². The van der Waals surface area contributed by atoms with E-state index in [1.807, 2.05) is 42.5 Å². The highest BCUT2D eigenvalue weighted by molar-refractivity contribution is 7.80. The molecular weight excluding hydrogens is 324 g/mol. The fourth-order valence-electron chi connectivity index (χ4n) is 2.38. The van der Waals surface area contributed by atoms with Gasteiger partial charge in [-0.1, -0.05) is 24.3 Å². The summed E-state index contributed by atoms with van der Waals surface area (Å²) in [7, 11) is 4.90. The summed E-state index contributed by atoms with van der Waals surface area (Å²) in [5, 5.41) is 6.87. The average Bonchev–Trinajstić information content (AvgIpc) is 2.61. The number of nitrogens with one attached hydrogen (secondary N) is 2. The molecule has 2 rings (SSSR count). The number of para-hydroxylation sites is 3. The third kappa shape index (κ3) is 4.52. The van der Waals surface area contributed by atoms with Gasteiger partial charge in [-0.3, -0.25) is 0 Å². The van der Waals surface area contributed by atoms with E-state index in [0.717, 1.165) is 34.9 Å². The van der Waals surface area contributed by atoms with Crippen molar-refractivity contribution < 1.29 is 14.2 Å². The van der Waals surface area contributed by atoms with Crippen LogP contribution >= 0.6 is 12.2 Å². The molecule has 0 saturated heterocycles. The molecule has 0 atom stereocenters. The van der Waals surface area contributed by atoms with Crippen molar-refractivity contribution in [3.63, 3.8) is 0 Å². The van der Waals surface area contributed by atoms with E-state index in [-0.39, 0.29) is 0 Å². The lowest BCUT2D eigenvalue weighted by Crippen LogP contribution is -2.30. The molecule has 0 amide bonds. The Labute approximate surface area is 147 Å². The minimum Gasteiger partial charge on any atom is -0.495 e. The highest BCUT2D eigenvalue weighted by Crippen LogP contribution is 2.30. The molecule has 0 fully saturated rings. The molecule has 0 saturated carbocycles. The molecule has 0 aliphatic rings. The molecule has 0 aromatic heterocycles. The van der Waals surface area contributed by atoms with Gasteiger partial charge in [-0.05, 0) is 42.4 Å². The molecule has 0 heterocycles. The SMILES string of the molecule is COc1ccccc1NC(=S)NCCc1cccc(OC)c1OC. The highest BCUT2D eigenvalue weighted by Gasteiger charge is 2.09. The predicted molar refractivity (Wildman–Crippen MR) is 100 cm³/mol. The first-order chi connectivity index (χ1) is 11.7. The second-order valence-corrected chi connectivity index (χ2v) is 5.39. The van der Waals surface area contributed by atoms with E-state index >= 15 is 0 Å². The smallest absolute Gasteiger partial charge is 0.170 e. The summed E-state index contributed by atoms with van der Waals surface area (Å²) >= 11 is 5.34. The molecule has 0 unspecified atom stereocenters. The van der Waals surface area contributed by atoms with Gasteiger partial charge in [0.15, 0.2) is 16.6 Å². The molecule has 2 aromatic carbocycles. The van der Waals surface area contributed by atoms with Crippen LogP contribution in [-0.2, 0) is 6.42 Å². The molecule has 0 bridgehead atoms. The van der Waals surface area contributed by atoms with E-state index < -0.39 is 0 Å². The molecule has 128 valence electrons. The van der Waals surface area contributed by atoms with Crippen LogP contribution in [0.15, 0.2) is 42.5 Å². The van der Waals surface area contributed by atoms with Gasteiger partial charge in [0, 0.05) is 6.54 Å². The zero-order chi connectivity index (χ0) is 17.4. The second-order valence-electron chi connectivity index (χ2n) is 4.98. The van der Waals surface area contributed by atoms with Crippen LogP contribution in [-0.4, -0.2) is 33.0 Å². The molecule has 0 aliphatic carbocycles. The van der Waals surface area contributed by atoms with Crippen LogP contribution in [0.5, 0.6) is 17.2 Å². The Kier molecular flexibility index (Phi) is 6.69. The van der Waals surface area contributed by atoms with Crippen LogP contribution in [0.2, 0.25) is 0 Å². The number of hydrogen-bond donors (Lipinski definition) is 2. The van der Waals surface area contributed by atoms with Crippen molar-refractivity contribution in [3.05, 3.63) is 48.0 Å². The number of methoxy groups -OCH3 is 3. The Morgan fingerprint density at radius 3 is 2.33 bits per heavy atom. The summed E-state index contributed by atoms with van der Waals surface area (Å²) < 4.78 is 16.0. The zero-order valence-electron chi connectivity index (χ0n) is 14.1. The van der Waals surface area contributed by atoms with Gasteiger partial charge in [0.2, 0.25) is 0 Å². The van der Waals surface area contributed by atoms with Crippen molar-refractivity contribution >= 4 is 23.0 Å². The topological polar surface area (TPSA) is 51.8 Å². The normalized spacial score (nSPS) is 9.96. The van der Waals surface area contributed by atoms with Gasteiger partial charge in [-0.2, -0.15) is 0 Å². The average molecular weight is 346 g/mol. The third-order valence-corrected chi connectivity index (χ3v) is 3.77. The van der Waals surface area contributed by atoms with Crippen LogP contribution < -0.4 is 24.8 Å². The van der Waals surface area contributed by atoms with Gasteiger partial charge in [0.25, 0.3) is 0 Å². The summed E-state index contributed by atoms with van der Waals surface area (Å²) in [4.78, 5) is 0. The second kappa shape index (κ2) is 8.98. The first-order valence-electron chi connectivity index (χ1n) is 7.57. The molecule has 24 heavy (non-hydrogen) atoms. The Morgan fingerprint density at radius 1 is 0.917 bits per heavy atom. The Hall–Kier alpha value is -2.47. The first-order valence-corrected chi connectivity index (χ1v) is 7.98. The number of rotatable bonds is 7. The van der Waals surface area contributed by atoms with E-state index in [2.05, 4.69) is 10.6 Å². The molecule has 2 N–H and O–H groups in total. The third-order valence-electron chi connectivity index (χ3n) is 3.52. The van der Waals surface area contributed by atoms with Gasteiger partial charge < -0.3 is 24.8 Å². The minimum atomic E-state index is 0.543. The lowest BCUT2D eigenvalue weighted by atomic mass is 10.1. The summed E-state index contributed by atoms with van der Waals surface area (Å²) in [5.74, 6) is 2.23. The van der Waals surface area contributed by atoms with Crippen molar-refractivity contribution in [1.82, 2.24) is 5.32 Å². The summed E-state index contributed by atoms with van der Waals surface area (Å²) in [6.45, 7) is 0.671. The van der Waals surface area contributed by atoms with Crippen molar-refractivity contribution in [2.45, 2.75) is 6.42 Å². The quantitative estimate of drug-likeness (QED) is 0.751. The molecule has 0 radical (unpaired) electrons. The maximum absolute atomic E-state index is 5.43. The molecule has 5 nitrogen and oxygen atoms in total. The Bertz CT molecular complexity index is 692. The lowest BCUT2D eigenvalue weighted by molar-refractivity contribution is 0.351. The fraction of sp³-hybridized carbons (Fsp3) is 0.278. The molecule has 6 heteroatoms. The maximum Gasteiger partial charge on any atom is 0.170 e. The standard InChI is InChI=1S/C18H22N2O3S/c1-21-15-9-5-4-8-14(15)20-18(24)19-12-11-13-7-6-10-16(22-2)17(13)23-3/h4-10H,11-12H2,1-3H3,(H2,19,20,24). The predicted octanol–water partition coefficient (Wildman–Crippen LogP) is 3.24. The number of anilines is 1. The molecule has 0 aliphatic heterocycles. The fourth-order valence-corrected chi connectivity index (χ4v) is 2.59.